The molecule has 1 heterocycles. The molecule has 0 saturated heterocycles. The van der Waals surface area contributed by atoms with Gasteiger partial charge in [-0.25, -0.2) is 4.98 Å². The number of nitrogens with zero attached hydrogens (tertiary/aromatic N) is 4. The smallest absolute Gasteiger partial charge is 0.267 e. The van der Waals surface area contributed by atoms with Crippen molar-refractivity contribution in [1.29, 1.82) is 0 Å². The highest BCUT2D eigenvalue weighted by atomic mass is 32.2. The van der Waals surface area contributed by atoms with E-state index < -0.39 is 4.92 Å². The lowest BCUT2D eigenvalue weighted by Crippen LogP contribution is -2.20. The van der Waals surface area contributed by atoms with Gasteiger partial charge in [-0.1, -0.05) is 47.7 Å². The van der Waals surface area contributed by atoms with Gasteiger partial charge in [0.25, 0.3) is 11.2 Å². The summed E-state index contributed by atoms with van der Waals surface area (Å²) < 4.78 is 1.20. The summed E-state index contributed by atoms with van der Waals surface area (Å²) in [5, 5.41) is 16.3. The molecule has 4 rings (SSSR count). The van der Waals surface area contributed by atoms with Crippen LogP contribution >= 0.6 is 11.8 Å². The summed E-state index contributed by atoms with van der Waals surface area (Å²) in [6.07, 6.45) is 1.43. The Balaban J connectivity index is 1.68. The maximum Gasteiger partial charge on any atom is 0.283 e. The van der Waals surface area contributed by atoms with Crippen molar-refractivity contribution < 1.29 is 4.92 Å². The van der Waals surface area contributed by atoms with Gasteiger partial charge in [0.05, 0.1) is 26.9 Å². The lowest BCUT2D eigenvalue weighted by molar-refractivity contribution is -0.387. The molecule has 0 aliphatic rings. The van der Waals surface area contributed by atoms with Crippen LogP contribution in [0.5, 0.6) is 0 Å². The molecule has 1 aromatic heterocycles. The molecule has 31 heavy (non-hydrogen) atoms. The van der Waals surface area contributed by atoms with Crippen molar-refractivity contribution >= 4 is 34.6 Å². The second-order valence-corrected chi connectivity index (χ2v) is 8.05. The van der Waals surface area contributed by atoms with E-state index in [-0.39, 0.29) is 11.2 Å². The van der Waals surface area contributed by atoms with E-state index in [4.69, 9.17) is 0 Å². The average Bonchev–Trinajstić information content (AvgIpc) is 2.76. The van der Waals surface area contributed by atoms with Crippen LogP contribution in [0.3, 0.4) is 0 Å². The Kier molecular flexibility index (Phi) is 5.64. The highest BCUT2D eigenvalue weighted by Crippen LogP contribution is 2.35. The van der Waals surface area contributed by atoms with Crippen LogP contribution < -0.4 is 5.56 Å². The topological polar surface area (TPSA) is 90.4 Å². The molecule has 154 valence electrons. The predicted molar refractivity (Wildman–Crippen MR) is 122 cm³/mol. The van der Waals surface area contributed by atoms with Gasteiger partial charge >= 0.3 is 0 Å². The fraction of sp³-hybridized carbons (Fsp3) is 0.0870. The van der Waals surface area contributed by atoms with Gasteiger partial charge in [-0.15, -0.1) is 0 Å². The number of hydrogen-bond acceptors (Lipinski definition) is 6. The highest BCUT2D eigenvalue weighted by Gasteiger charge is 2.16. The third-order valence-corrected chi connectivity index (χ3v) is 5.74. The van der Waals surface area contributed by atoms with Gasteiger partial charge in [0.1, 0.15) is 5.82 Å². The van der Waals surface area contributed by atoms with Crippen LogP contribution in [0.1, 0.15) is 17.0 Å². The number of para-hydroxylation sites is 1. The van der Waals surface area contributed by atoms with E-state index in [0.29, 0.717) is 27.2 Å². The molecular formula is C23H18N4O3S. The zero-order chi connectivity index (χ0) is 22.0. The van der Waals surface area contributed by atoms with Crippen LogP contribution in [0.4, 0.5) is 5.69 Å². The molecule has 4 aromatic rings. The van der Waals surface area contributed by atoms with Crippen molar-refractivity contribution in [3.8, 4) is 0 Å². The third-order valence-electron chi connectivity index (χ3n) is 4.67. The van der Waals surface area contributed by atoms with Crippen molar-refractivity contribution in [3.05, 3.63) is 104 Å². The molecule has 0 radical (unpaired) electrons. The highest BCUT2D eigenvalue weighted by molar-refractivity contribution is 7.99. The first kappa shape index (κ1) is 20.5. The fourth-order valence-electron chi connectivity index (χ4n) is 3.07. The van der Waals surface area contributed by atoms with Gasteiger partial charge in [0, 0.05) is 16.5 Å². The van der Waals surface area contributed by atoms with Crippen LogP contribution in [0.2, 0.25) is 0 Å². The minimum absolute atomic E-state index is 0.0183. The molecule has 0 spiro atoms. The first-order valence-corrected chi connectivity index (χ1v) is 10.3. The van der Waals surface area contributed by atoms with Crippen molar-refractivity contribution in [2.75, 3.05) is 0 Å². The number of rotatable bonds is 5. The first-order chi connectivity index (χ1) is 14.9. The normalized spacial score (nSPS) is 11.3. The van der Waals surface area contributed by atoms with E-state index in [1.54, 1.807) is 37.3 Å². The Labute approximate surface area is 182 Å². The molecular weight excluding hydrogens is 412 g/mol. The third kappa shape index (κ3) is 4.39. The Morgan fingerprint density at radius 1 is 1.06 bits per heavy atom. The monoisotopic (exact) mass is 430 g/mol. The van der Waals surface area contributed by atoms with Crippen LogP contribution in [-0.2, 0) is 0 Å². The maximum absolute atomic E-state index is 12.7. The largest absolute Gasteiger partial charge is 0.283 e. The molecule has 0 fully saturated rings. The van der Waals surface area contributed by atoms with Crippen molar-refractivity contribution in [3.63, 3.8) is 0 Å². The minimum Gasteiger partial charge on any atom is -0.267 e. The molecule has 3 aromatic carbocycles. The summed E-state index contributed by atoms with van der Waals surface area (Å²) in [5.41, 5.74) is 1.93. The van der Waals surface area contributed by atoms with Gasteiger partial charge in [-0.3, -0.25) is 14.9 Å². The SMILES string of the molecule is Cc1ccc(Sc2ccc(C=Nn3c(C)nc4ccccc4c3=O)cc2[N+](=O)[O-])cc1. The zero-order valence-electron chi connectivity index (χ0n) is 16.9. The van der Waals surface area contributed by atoms with Gasteiger partial charge in [-0.05, 0) is 44.2 Å². The average molecular weight is 430 g/mol. The van der Waals surface area contributed by atoms with Gasteiger partial charge in [0.15, 0.2) is 0 Å². The number of aromatic nitrogens is 2. The lowest BCUT2D eigenvalue weighted by atomic mass is 10.2. The van der Waals surface area contributed by atoms with E-state index in [0.717, 1.165) is 10.5 Å². The van der Waals surface area contributed by atoms with E-state index in [9.17, 15) is 14.9 Å². The minimum atomic E-state index is -0.414. The summed E-state index contributed by atoms with van der Waals surface area (Å²) in [5.74, 6) is 0.431. The van der Waals surface area contributed by atoms with E-state index in [1.807, 2.05) is 37.3 Å². The van der Waals surface area contributed by atoms with Crippen LogP contribution in [-0.4, -0.2) is 20.8 Å². The number of benzene rings is 3. The molecule has 7 nitrogen and oxygen atoms in total. The first-order valence-electron chi connectivity index (χ1n) is 9.48. The number of nitro groups is 1. The van der Waals surface area contributed by atoms with E-state index in [1.165, 1.54) is 28.7 Å². The van der Waals surface area contributed by atoms with Gasteiger partial charge < -0.3 is 0 Å². The number of fused-ring (bicyclic) bond motifs is 1. The summed E-state index contributed by atoms with van der Waals surface area (Å²) in [4.78, 5) is 29.8. The molecule has 8 heteroatoms. The second kappa shape index (κ2) is 8.53. The Bertz CT molecular complexity index is 1380. The summed E-state index contributed by atoms with van der Waals surface area (Å²) in [6, 6.07) is 19.7. The fourth-order valence-corrected chi connectivity index (χ4v) is 3.97. The maximum atomic E-state index is 12.7. The number of aryl methyl sites for hydroxylation is 2. The summed E-state index contributed by atoms with van der Waals surface area (Å²) in [6.45, 7) is 3.68. The summed E-state index contributed by atoms with van der Waals surface area (Å²) in [7, 11) is 0. The Morgan fingerprint density at radius 2 is 1.81 bits per heavy atom. The molecule has 0 saturated carbocycles. The summed E-state index contributed by atoms with van der Waals surface area (Å²) >= 11 is 1.33. The van der Waals surface area contributed by atoms with Gasteiger partial charge in [0.2, 0.25) is 0 Å². The molecule has 0 aliphatic heterocycles. The molecule has 0 N–H and O–H groups in total. The number of nitro benzene ring substituents is 1. The Hall–Kier alpha value is -3.78. The van der Waals surface area contributed by atoms with Crippen LogP contribution in [0, 0.1) is 24.0 Å². The van der Waals surface area contributed by atoms with E-state index >= 15 is 0 Å². The second-order valence-electron chi connectivity index (χ2n) is 6.94. The number of hydrogen-bond donors (Lipinski definition) is 0. The van der Waals surface area contributed by atoms with Crippen molar-refractivity contribution in [2.24, 2.45) is 5.10 Å². The quantitative estimate of drug-likeness (QED) is 0.254. The van der Waals surface area contributed by atoms with Crippen molar-refractivity contribution in [2.45, 2.75) is 23.6 Å². The van der Waals surface area contributed by atoms with Crippen molar-refractivity contribution in [1.82, 2.24) is 9.66 Å². The predicted octanol–water partition coefficient (Wildman–Crippen LogP) is 4.95. The molecule has 0 aliphatic carbocycles. The van der Waals surface area contributed by atoms with Crippen LogP contribution in [0.25, 0.3) is 10.9 Å². The standard InChI is InChI=1S/C23H18N4O3S/c1-15-7-10-18(11-8-15)31-22-12-9-17(13-21(22)27(29)30)14-24-26-16(2)25-20-6-4-3-5-19(20)23(26)28/h3-14H,1-2H3. The molecule has 0 unspecified atom stereocenters. The molecule has 0 atom stereocenters. The molecule has 0 bridgehead atoms. The molecule has 0 amide bonds. The van der Waals surface area contributed by atoms with Gasteiger partial charge in [-0.2, -0.15) is 9.78 Å². The Morgan fingerprint density at radius 3 is 2.55 bits per heavy atom. The zero-order valence-corrected chi connectivity index (χ0v) is 17.7. The van der Waals surface area contributed by atoms with E-state index in [2.05, 4.69) is 10.1 Å². The van der Waals surface area contributed by atoms with Crippen LogP contribution in [0.15, 0.2) is 86.4 Å². The lowest BCUT2D eigenvalue weighted by Gasteiger charge is -2.06.